The van der Waals surface area contributed by atoms with Crippen molar-refractivity contribution in [2.24, 2.45) is 5.92 Å². The second-order valence-corrected chi connectivity index (χ2v) is 5.48. The lowest BCUT2D eigenvalue weighted by Crippen LogP contribution is -2.30. The maximum Gasteiger partial charge on any atom is 0.336 e. The molecule has 3 nitrogen and oxygen atoms in total. The number of rotatable bonds is 4. The van der Waals surface area contributed by atoms with Crippen molar-refractivity contribution in [1.82, 2.24) is 0 Å². The minimum atomic E-state index is -0.907. The molecule has 1 unspecified atom stereocenters. The number of anilines is 1. The van der Waals surface area contributed by atoms with Crippen LogP contribution in [0.3, 0.4) is 0 Å². The lowest BCUT2D eigenvalue weighted by molar-refractivity contribution is 0.0696. The first-order chi connectivity index (χ1) is 8.08. The zero-order valence-electron chi connectivity index (χ0n) is 9.74. The van der Waals surface area contributed by atoms with Gasteiger partial charge in [-0.05, 0) is 59.8 Å². The van der Waals surface area contributed by atoms with Crippen molar-refractivity contribution in [3.05, 3.63) is 28.2 Å². The Bertz CT molecular complexity index is 429. The summed E-state index contributed by atoms with van der Waals surface area (Å²) in [6.45, 7) is 2.18. The van der Waals surface area contributed by atoms with Gasteiger partial charge in [0.15, 0.2) is 0 Å². The van der Waals surface area contributed by atoms with Crippen molar-refractivity contribution in [2.45, 2.75) is 32.2 Å². The summed E-state index contributed by atoms with van der Waals surface area (Å²) >= 11 is 3.28. The Morgan fingerprint density at radius 2 is 2.24 bits per heavy atom. The Kier molecular flexibility index (Phi) is 3.72. The minimum Gasteiger partial charge on any atom is -0.478 e. The van der Waals surface area contributed by atoms with Crippen molar-refractivity contribution in [1.29, 1.82) is 0 Å². The molecule has 0 spiro atoms. The SMILES string of the molecule is CC(Nc1ccc(C(=O)O)c(Br)c1)C1CCC1. The Hall–Kier alpha value is -1.03. The number of hydrogen-bond acceptors (Lipinski definition) is 2. The number of aromatic carboxylic acids is 1. The molecular formula is C13H16BrNO2. The molecule has 1 aliphatic carbocycles. The number of nitrogens with one attached hydrogen (secondary N) is 1. The van der Waals surface area contributed by atoms with Crippen LogP contribution < -0.4 is 5.32 Å². The first kappa shape index (κ1) is 12.4. The number of carboxylic acids is 1. The average molecular weight is 298 g/mol. The van der Waals surface area contributed by atoms with Crippen LogP contribution in [0.25, 0.3) is 0 Å². The van der Waals surface area contributed by atoms with Gasteiger partial charge in [-0.25, -0.2) is 4.79 Å². The van der Waals surface area contributed by atoms with Crippen LogP contribution >= 0.6 is 15.9 Å². The van der Waals surface area contributed by atoms with E-state index in [9.17, 15) is 4.79 Å². The fourth-order valence-electron chi connectivity index (χ4n) is 2.10. The van der Waals surface area contributed by atoms with Crippen molar-refractivity contribution in [3.63, 3.8) is 0 Å². The number of carbonyl (C=O) groups is 1. The molecule has 1 aromatic carbocycles. The molecule has 1 saturated carbocycles. The van der Waals surface area contributed by atoms with Gasteiger partial charge in [0.2, 0.25) is 0 Å². The molecule has 0 bridgehead atoms. The first-order valence-electron chi connectivity index (χ1n) is 5.87. The zero-order valence-corrected chi connectivity index (χ0v) is 11.3. The zero-order chi connectivity index (χ0) is 12.4. The predicted molar refractivity (Wildman–Crippen MR) is 71.5 cm³/mol. The molecule has 2 N–H and O–H groups in total. The Morgan fingerprint density at radius 1 is 1.53 bits per heavy atom. The van der Waals surface area contributed by atoms with Gasteiger partial charge in [-0.3, -0.25) is 0 Å². The van der Waals surface area contributed by atoms with Crippen LogP contribution in [-0.2, 0) is 0 Å². The summed E-state index contributed by atoms with van der Waals surface area (Å²) in [7, 11) is 0. The Balaban J connectivity index is 2.06. The van der Waals surface area contributed by atoms with Gasteiger partial charge in [-0.15, -0.1) is 0 Å². The molecule has 17 heavy (non-hydrogen) atoms. The highest BCUT2D eigenvalue weighted by Crippen LogP contribution is 2.31. The molecule has 0 aliphatic heterocycles. The molecule has 0 saturated heterocycles. The molecule has 92 valence electrons. The third kappa shape index (κ3) is 2.80. The van der Waals surface area contributed by atoms with Crippen molar-refractivity contribution >= 4 is 27.6 Å². The van der Waals surface area contributed by atoms with Crippen LogP contribution in [0, 0.1) is 5.92 Å². The minimum absolute atomic E-state index is 0.298. The van der Waals surface area contributed by atoms with E-state index < -0.39 is 5.97 Å². The van der Waals surface area contributed by atoms with Gasteiger partial charge in [0, 0.05) is 16.2 Å². The summed E-state index contributed by atoms with van der Waals surface area (Å²) in [6, 6.07) is 5.73. The highest BCUT2D eigenvalue weighted by atomic mass is 79.9. The maximum absolute atomic E-state index is 10.9. The van der Waals surface area contributed by atoms with E-state index in [0.29, 0.717) is 16.1 Å². The quantitative estimate of drug-likeness (QED) is 0.890. The van der Waals surface area contributed by atoms with E-state index in [1.54, 1.807) is 6.07 Å². The lowest BCUT2D eigenvalue weighted by atomic mass is 9.80. The van der Waals surface area contributed by atoms with E-state index >= 15 is 0 Å². The number of benzene rings is 1. The molecule has 0 amide bonds. The standard InChI is InChI=1S/C13H16BrNO2/c1-8(9-3-2-4-9)15-10-5-6-11(13(16)17)12(14)7-10/h5-9,15H,2-4H2,1H3,(H,16,17). The van der Waals surface area contributed by atoms with E-state index in [1.807, 2.05) is 12.1 Å². The van der Waals surface area contributed by atoms with Crippen LogP contribution in [0.5, 0.6) is 0 Å². The number of carboxylic acid groups (broad SMARTS) is 1. The molecule has 4 heteroatoms. The molecule has 1 fully saturated rings. The Morgan fingerprint density at radius 3 is 2.71 bits per heavy atom. The van der Waals surface area contributed by atoms with E-state index in [1.165, 1.54) is 19.3 Å². The predicted octanol–water partition coefficient (Wildman–Crippen LogP) is 3.75. The van der Waals surface area contributed by atoms with Crippen LogP contribution in [0.15, 0.2) is 22.7 Å². The van der Waals surface area contributed by atoms with Gasteiger partial charge < -0.3 is 10.4 Å². The highest BCUT2D eigenvalue weighted by molar-refractivity contribution is 9.10. The van der Waals surface area contributed by atoms with Gasteiger partial charge in [0.25, 0.3) is 0 Å². The molecule has 1 aliphatic rings. The van der Waals surface area contributed by atoms with E-state index in [2.05, 4.69) is 28.2 Å². The molecule has 0 heterocycles. The van der Waals surface area contributed by atoms with E-state index in [4.69, 9.17) is 5.11 Å². The monoisotopic (exact) mass is 297 g/mol. The number of halogens is 1. The summed E-state index contributed by atoms with van der Waals surface area (Å²) in [5, 5.41) is 12.4. The van der Waals surface area contributed by atoms with E-state index in [0.717, 1.165) is 11.6 Å². The van der Waals surface area contributed by atoms with Gasteiger partial charge >= 0.3 is 5.97 Å². The first-order valence-corrected chi connectivity index (χ1v) is 6.66. The highest BCUT2D eigenvalue weighted by Gasteiger charge is 2.23. The normalized spacial score (nSPS) is 17.3. The van der Waals surface area contributed by atoms with Crippen LogP contribution in [0.1, 0.15) is 36.5 Å². The lowest BCUT2D eigenvalue weighted by Gasteiger charge is -2.32. The molecule has 0 aromatic heterocycles. The van der Waals surface area contributed by atoms with Gasteiger partial charge in [0.1, 0.15) is 0 Å². The second-order valence-electron chi connectivity index (χ2n) is 4.62. The summed E-state index contributed by atoms with van der Waals surface area (Å²) in [6.07, 6.45) is 3.92. The van der Waals surface area contributed by atoms with Gasteiger partial charge in [-0.2, -0.15) is 0 Å². The average Bonchev–Trinajstić information content (AvgIpc) is 2.13. The Labute approximate surface area is 109 Å². The number of hydrogen-bond donors (Lipinski definition) is 2. The topological polar surface area (TPSA) is 49.3 Å². The fraction of sp³-hybridized carbons (Fsp3) is 0.462. The van der Waals surface area contributed by atoms with Gasteiger partial charge in [0.05, 0.1) is 5.56 Å². The third-order valence-electron chi connectivity index (χ3n) is 3.45. The summed E-state index contributed by atoms with van der Waals surface area (Å²) in [5.41, 5.74) is 1.27. The summed E-state index contributed by atoms with van der Waals surface area (Å²) in [5.74, 6) is -0.150. The molecule has 1 aromatic rings. The van der Waals surface area contributed by atoms with Crippen LogP contribution in [-0.4, -0.2) is 17.1 Å². The summed E-state index contributed by atoms with van der Waals surface area (Å²) < 4.78 is 0.621. The van der Waals surface area contributed by atoms with Crippen LogP contribution in [0.4, 0.5) is 5.69 Å². The maximum atomic E-state index is 10.9. The van der Waals surface area contributed by atoms with Crippen molar-refractivity contribution in [2.75, 3.05) is 5.32 Å². The summed E-state index contributed by atoms with van der Waals surface area (Å²) in [4.78, 5) is 10.9. The molecule has 0 radical (unpaired) electrons. The third-order valence-corrected chi connectivity index (χ3v) is 4.11. The second kappa shape index (κ2) is 5.08. The largest absolute Gasteiger partial charge is 0.478 e. The smallest absolute Gasteiger partial charge is 0.336 e. The van der Waals surface area contributed by atoms with Crippen molar-refractivity contribution in [3.8, 4) is 0 Å². The molecule has 2 rings (SSSR count). The van der Waals surface area contributed by atoms with Crippen LogP contribution in [0.2, 0.25) is 0 Å². The molecule has 1 atom stereocenters. The fourth-order valence-corrected chi connectivity index (χ4v) is 2.65. The van der Waals surface area contributed by atoms with Crippen molar-refractivity contribution < 1.29 is 9.90 Å². The molecular weight excluding hydrogens is 282 g/mol. The van der Waals surface area contributed by atoms with E-state index in [-0.39, 0.29) is 0 Å². The van der Waals surface area contributed by atoms with Gasteiger partial charge in [-0.1, -0.05) is 6.42 Å².